The van der Waals surface area contributed by atoms with Crippen LogP contribution in [0.3, 0.4) is 0 Å². The molecule has 0 radical (unpaired) electrons. The number of carbonyl (C=O) groups is 2. The van der Waals surface area contributed by atoms with E-state index < -0.39 is 5.97 Å². The number of hydrogen-bond donors (Lipinski definition) is 2. The lowest BCUT2D eigenvalue weighted by molar-refractivity contribution is 0.0597. The van der Waals surface area contributed by atoms with Crippen LogP contribution in [0.1, 0.15) is 40.9 Å². The van der Waals surface area contributed by atoms with Crippen LogP contribution in [0, 0.1) is 5.82 Å². The summed E-state index contributed by atoms with van der Waals surface area (Å²) in [5.74, 6) is -0.355. The average molecular weight is 483 g/mol. The number of ether oxygens (including phenoxy) is 2. The first-order valence-electron chi connectivity index (χ1n) is 11.5. The molecule has 0 aliphatic carbocycles. The Morgan fingerprint density at radius 1 is 1.09 bits per heavy atom. The molecule has 0 aliphatic heterocycles. The van der Waals surface area contributed by atoms with E-state index in [-0.39, 0.29) is 18.4 Å². The van der Waals surface area contributed by atoms with Crippen LogP contribution in [0.5, 0.6) is 5.75 Å². The van der Waals surface area contributed by atoms with Crippen LogP contribution in [-0.4, -0.2) is 54.9 Å². The first-order chi connectivity index (χ1) is 16.9. The number of amides is 2. The van der Waals surface area contributed by atoms with Gasteiger partial charge in [0.15, 0.2) is 0 Å². The van der Waals surface area contributed by atoms with Gasteiger partial charge in [-0.2, -0.15) is 5.10 Å². The van der Waals surface area contributed by atoms with Crippen molar-refractivity contribution in [1.82, 2.24) is 20.4 Å². The molecule has 0 aliphatic rings. The van der Waals surface area contributed by atoms with Crippen molar-refractivity contribution in [3.05, 3.63) is 71.2 Å². The zero-order valence-corrected chi connectivity index (χ0v) is 20.3. The number of nitrogens with one attached hydrogen (secondary N) is 2. The summed E-state index contributed by atoms with van der Waals surface area (Å²) >= 11 is 0. The van der Waals surface area contributed by atoms with E-state index in [2.05, 4.69) is 15.5 Å². The van der Waals surface area contributed by atoms with Crippen LogP contribution in [-0.2, 0) is 17.7 Å². The van der Waals surface area contributed by atoms with Gasteiger partial charge in [-0.1, -0.05) is 24.6 Å². The Bertz CT molecular complexity index is 1150. The molecule has 3 rings (SSSR count). The summed E-state index contributed by atoms with van der Waals surface area (Å²) in [6.07, 6.45) is 3.59. The molecular weight excluding hydrogens is 451 g/mol. The van der Waals surface area contributed by atoms with Crippen molar-refractivity contribution in [3.8, 4) is 17.0 Å². The van der Waals surface area contributed by atoms with E-state index >= 15 is 0 Å². The second kappa shape index (κ2) is 12.5. The maximum Gasteiger partial charge on any atom is 0.341 e. The number of benzene rings is 2. The van der Waals surface area contributed by atoms with E-state index in [1.807, 2.05) is 12.1 Å². The minimum atomic E-state index is -0.493. The van der Waals surface area contributed by atoms with Gasteiger partial charge < -0.3 is 19.7 Å². The molecule has 0 unspecified atom stereocenters. The van der Waals surface area contributed by atoms with E-state index in [4.69, 9.17) is 9.47 Å². The third-order valence-corrected chi connectivity index (χ3v) is 5.65. The number of hydrogen-bond acceptors (Lipinski definition) is 5. The van der Waals surface area contributed by atoms with Crippen molar-refractivity contribution in [3.63, 3.8) is 0 Å². The van der Waals surface area contributed by atoms with Gasteiger partial charge in [-0.3, -0.25) is 5.10 Å². The van der Waals surface area contributed by atoms with Gasteiger partial charge in [0.05, 0.1) is 19.9 Å². The lowest BCUT2D eigenvalue weighted by atomic mass is 10.1. The maximum atomic E-state index is 13.4. The summed E-state index contributed by atoms with van der Waals surface area (Å²) in [5.41, 5.74) is 3.56. The van der Waals surface area contributed by atoms with Gasteiger partial charge in [0.25, 0.3) is 0 Å². The van der Waals surface area contributed by atoms with Gasteiger partial charge in [-0.25, -0.2) is 14.0 Å². The Kier molecular flexibility index (Phi) is 9.23. The van der Waals surface area contributed by atoms with Crippen molar-refractivity contribution < 1.29 is 23.5 Å². The van der Waals surface area contributed by atoms with Crippen LogP contribution >= 0.6 is 0 Å². The van der Waals surface area contributed by atoms with Gasteiger partial charge in [0.1, 0.15) is 17.1 Å². The summed E-state index contributed by atoms with van der Waals surface area (Å²) in [5, 5.41) is 10.1. The summed E-state index contributed by atoms with van der Waals surface area (Å²) in [7, 11) is 4.55. The number of methoxy groups -OCH3 is 2. The summed E-state index contributed by atoms with van der Waals surface area (Å²) in [6.45, 7) is 0.907. The van der Waals surface area contributed by atoms with E-state index in [9.17, 15) is 14.0 Å². The van der Waals surface area contributed by atoms with E-state index in [1.165, 1.54) is 26.4 Å². The first-order valence-corrected chi connectivity index (χ1v) is 11.5. The largest absolute Gasteiger partial charge is 0.496 e. The summed E-state index contributed by atoms with van der Waals surface area (Å²) in [6, 6.07) is 13.3. The normalized spacial score (nSPS) is 10.6. The fourth-order valence-corrected chi connectivity index (χ4v) is 3.68. The number of rotatable bonds is 11. The number of esters is 1. The van der Waals surface area contributed by atoms with E-state index in [0.717, 1.165) is 48.2 Å². The number of nitrogens with zero attached hydrogens (tertiary/aromatic N) is 2. The number of unbranched alkanes of at least 4 members (excludes halogenated alkanes) is 2. The molecule has 0 saturated heterocycles. The zero-order chi connectivity index (χ0) is 25.2. The summed E-state index contributed by atoms with van der Waals surface area (Å²) < 4.78 is 23.4. The fraction of sp³-hybridized carbons (Fsp3) is 0.346. The Morgan fingerprint density at radius 2 is 1.91 bits per heavy atom. The van der Waals surface area contributed by atoms with Crippen molar-refractivity contribution in [2.75, 3.05) is 27.8 Å². The number of urea groups is 1. The van der Waals surface area contributed by atoms with E-state index in [0.29, 0.717) is 17.9 Å². The fourth-order valence-electron chi connectivity index (χ4n) is 3.68. The van der Waals surface area contributed by atoms with Crippen molar-refractivity contribution >= 4 is 12.0 Å². The summed E-state index contributed by atoms with van der Waals surface area (Å²) in [4.78, 5) is 26.0. The predicted molar refractivity (Wildman–Crippen MR) is 131 cm³/mol. The molecule has 0 spiro atoms. The average Bonchev–Trinajstić information content (AvgIpc) is 3.35. The molecule has 2 amide bonds. The SMILES string of the molecule is COC(=O)c1cc(CNC(=O)N(C)CCCCCc2cc(-c3cccc(F)c3)n[nH]2)ccc1OC. The molecule has 0 saturated carbocycles. The molecule has 35 heavy (non-hydrogen) atoms. The number of H-pyrrole nitrogens is 1. The standard InChI is InChI=1S/C26H31FN4O4/c1-31(26(33)28-17-18-11-12-24(34-2)22(14-18)25(32)35-3)13-6-4-5-10-21-16-23(30-29-21)19-8-7-9-20(27)15-19/h7-9,11-12,14-16H,4-6,10,13,17H2,1-3H3,(H,28,33)(H,29,30). The molecule has 1 heterocycles. The number of carbonyl (C=O) groups excluding carboxylic acids is 2. The molecular formula is C26H31FN4O4. The molecule has 8 nitrogen and oxygen atoms in total. The van der Waals surface area contributed by atoms with Crippen molar-refractivity contribution in [2.45, 2.75) is 32.2 Å². The molecule has 2 N–H and O–H groups in total. The highest BCUT2D eigenvalue weighted by atomic mass is 19.1. The lowest BCUT2D eigenvalue weighted by Crippen LogP contribution is -2.37. The van der Waals surface area contributed by atoms with Gasteiger partial charge >= 0.3 is 12.0 Å². The van der Waals surface area contributed by atoms with Crippen molar-refractivity contribution in [2.24, 2.45) is 0 Å². The molecule has 1 aromatic heterocycles. The zero-order valence-electron chi connectivity index (χ0n) is 20.3. The van der Waals surface area contributed by atoms with Crippen LogP contribution < -0.4 is 10.1 Å². The number of aromatic nitrogens is 2. The monoisotopic (exact) mass is 482 g/mol. The minimum absolute atomic E-state index is 0.186. The predicted octanol–water partition coefficient (Wildman–Crippen LogP) is 4.57. The van der Waals surface area contributed by atoms with Gasteiger partial charge in [0.2, 0.25) is 0 Å². The Hall–Kier alpha value is -3.88. The Morgan fingerprint density at radius 3 is 2.66 bits per heavy atom. The molecule has 0 bridgehead atoms. The minimum Gasteiger partial charge on any atom is -0.496 e. The molecule has 9 heteroatoms. The topological polar surface area (TPSA) is 96.5 Å². The lowest BCUT2D eigenvalue weighted by Gasteiger charge is -2.18. The van der Waals surface area contributed by atoms with E-state index in [1.54, 1.807) is 36.2 Å². The number of aromatic amines is 1. The first kappa shape index (κ1) is 25.7. The third-order valence-electron chi connectivity index (χ3n) is 5.65. The second-order valence-electron chi connectivity index (χ2n) is 8.21. The van der Waals surface area contributed by atoms with Crippen LogP contribution in [0.2, 0.25) is 0 Å². The number of aryl methyl sites for hydroxylation is 1. The molecule has 3 aromatic rings. The van der Waals surface area contributed by atoms with Gasteiger partial charge in [-0.05, 0) is 55.2 Å². The van der Waals surface area contributed by atoms with Gasteiger partial charge in [-0.15, -0.1) is 0 Å². The second-order valence-corrected chi connectivity index (χ2v) is 8.21. The Labute approximate surface area is 204 Å². The molecule has 0 fully saturated rings. The van der Waals surface area contributed by atoms with Crippen LogP contribution in [0.4, 0.5) is 9.18 Å². The third kappa shape index (κ3) is 7.30. The molecule has 186 valence electrons. The van der Waals surface area contributed by atoms with Crippen LogP contribution in [0.25, 0.3) is 11.3 Å². The number of halogens is 1. The highest BCUT2D eigenvalue weighted by molar-refractivity contribution is 5.92. The smallest absolute Gasteiger partial charge is 0.341 e. The molecule has 0 atom stereocenters. The van der Waals surface area contributed by atoms with Crippen LogP contribution in [0.15, 0.2) is 48.5 Å². The van der Waals surface area contributed by atoms with Crippen molar-refractivity contribution in [1.29, 1.82) is 0 Å². The Balaban J connectivity index is 1.38. The highest BCUT2D eigenvalue weighted by Crippen LogP contribution is 2.21. The quantitative estimate of drug-likeness (QED) is 0.308. The highest BCUT2D eigenvalue weighted by Gasteiger charge is 2.14. The van der Waals surface area contributed by atoms with Gasteiger partial charge in [0, 0.05) is 31.4 Å². The molecule has 2 aromatic carbocycles. The maximum absolute atomic E-state index is 13.4.